The Bertz CT molecular complexity index is 839. The molecule has 0 aliphatic carbocycles. The topological polar surface area (TPSA) is 59.2 Å². The number of likely N-dealkylation sites (tertiary alicyclic amines) is 1. The molecule has 1 aliphatic heterocycles. The van der Waals surface area contributed by atoms with E-state index in [0.29, 0.717) is 11.5 Å². The van der Waals surface area contributed by atoms with Crippen LogP contribution in [0.3, 0.4) is 0 Å². The summed E-state index contributed by atoms with van der Waals surface area (Å²) >= 11 is 3.10. The minimum atomic E-state index is 0.108. The molecule has 3 aromatic rings. The van der Waals surface area contributed by atoms with Crippen molar-refractivity contribution < 1.29 is 9.21 Å². The van der Waals surface area contributed by atoms with Gasteiger partial charge in [-0.05, 0) is 54.8 Å². The van der Waals surface area contributed by atoms with Crippen LogP contribution >= 0.6 is 23.5 Å². The number of hydrogen-bond donors (Lipinski definition) is 0. The van der Waals surface area contributed by atoms with Gasteiger partial charge in [-0.25, -0.2) is 0 Å². The van der Waals surface area contributed by atoms with Crippen LogP contribution in [0.1, 0.15) is 29.0 Å². The first kappa shape index (κ1) is 16.6. The molecule has 2 aromatic heterocycles. The van der Waals surface area contributed by atoms with Gasteiger partial charge in [0.2, 0.25) is 0 Å². The lowest BCUT2D eigenvalue weighted by Gasteiger charge is -2.32. The van der Waals surface area contributed by atoms with E-state index in [1.807, 2.05) is 47.0 Å². The Morgan fingerprint density at radius 1 is 1.24 bits per heavy atom. The van der Waals surface area contributed by atoms with Crippen molar-refractivity contribution in [3.63, 3.8) is 0 Å². The molecule has 0 saturated carbocycles. The Hall–Kier alpha value is -1.86. The molecular formula is C18H19N3O2S2. The fourth-order valence-corrected chi connectivity index (χ4v) is 4.79. The molecule has 0 atom stereocenters. The average Bonchev–Trinajstić information content (AvgIpc) is 3.32. The van der Waals surface area contributed by atoms with Crippen molar-refractivity contribution in [1.82, 2.24) is 13.6 Å². The molecule has 0 unspecified atom stereocenters. The van der Waals surface area contributed by atoms with Gasteiger partial charge in [-0.3, -0.25) is 4.79 Å². The second kappa shape index (κ2) is 7.58. The number of benzene rings is 1. The van der Waals surface area contributed by atoms with Crippen molar-refractivity contribution in [2.75, 3.05) is 18.8 Å². The van der Waals surface area contributed by atoms with E-state index in [2.05, 4.69) is 8.75 Å². The van der Waals surface area contributed by atoms with Crippen molar-refractivity contribution in [1.29, 1.82) is 0 Å². The predicted molar refractivity (Wildman–Crippen MR) is 101 cm³/mol. The fourth-order valence-electron chi connectivity index (χ4n) is 3.12. The molecule has 25 heavy (non-hydrogen) atoms. The molecule has 3 heterocycles. The van der Waals surface area contributed by atoms with E-state index in [1.165, 1.54) is 11.7 Å². The van der Waals surface area contributed by atoms with Crippen LogP contribution in [0.25, 0.3) is 11.0 Å². The third-order valence-corrected chi connectivity index (χ3v) is 6.33. The number of nitrogens with zero attached hydrogens (tertiary/aromatic N) is 3. The zero-order valence-corrected chi connectivity index (χ0v) is 15.4. The molecule has 5 nitrogen and oxygen atoms in total. The Labute approximate surface area is 154 Å². The SMILES string of the molecule is O=C(c1ccc2nsnc2c1)N1CCC(CSCc2ccco2)CC1. The first-order valence-electron chi connectivity index (χ1n) is 8.41. The molecule has 0 bridgehead atoms. The third kappa shape index (κ3) is 3.88. The summed E-state index contributed by atoms with van der Waals surface area (Å²) in [6.45, 7) is 1.66. The van der Waals surface area contributed by atoms with E-state index < -0.39 is 0 Å². The summed E-state index contributed by atoms with van der Waals surface area (Å²) in [7, 11) is 0. The van der Waals surface area contributed by atoms with E-state index >= 15 is 0 Å². The minimum absolute atomic E-state index is 0.108. The van der Waals surface area contributed by atoms with Crippen LogP contribution in [0.5, 0.6) is 0 Å². The van der Waals surface area contributed by atoms with Gasteiger partial charge < -0.3 is 9.32 Å². The molecule has 0 N–H and O–H groups in total. The molecule has 7 heteroatoms. The molecule has 1 aliphatic rings. The van der Waals surface area contributed by atoms with Gasteiger partial charge in [-0.15, -0.1) is 0 Å². The van der Waals surface area contributed by atoms with Gasteiger partial charge in [-0.2, -0.15) is 20.5 Å². The minimum Gasteiger partial charge on any atom is -0.468 e. The number of amides is 1. The molecule has 1 aromatic carbocycles. The second-order valence-electron chi connectivity index (χ2n) is 6.30. The second-order valence-corrected chi connectivity index (χ2v) is 7.86. The maximum atomic E-state index is 12.7. The monoisotopic (exact) mass is 373 g/mol. The lowest BCUT2D eigenvalue weighted by atomic mass is 9.98. The number of thioether (sulfide) groups is 1. The Kier molecular flexibility index (Phi) is 5.03. The summed E-state index contributed by atoms with van der Waals surface area (Å²) in [5, 5.41) is 0. The number of fused-ring (bicyclic) bond motifs is 1. The quantitative estimate of drug-likeness (QED) is 0.675. The molecule has 0 radical (unpaired) electrons. The number of carbonyl (C=O) groups excluding carboxylic acids is 1. The summed E-state index contributed by atoms with van der Waals surface area (Å²) in [5.74, 6) is 3.86. The van der Waals surface area contributed by atoms with Crippen LogP contribution in [-0.2, 0) is 5.75 Å². The standard InChI is InChI=1S/C18H19N3O2S2/c22-18(14-3-4-16-17(10-14)20-25-19-16)21-7-5-13(6-8-21)11-24-12-15-2-1-9-23-15/h1-4,9-10,13H,5-8,11-12H2. The van der Waals surface area contributed by atoms with Crippen molar-refractivity contribution >= 4 is 40.4 Å². The largest absolute Gasteiger partial charge is 0.468 e. The number of aromatic nitrogens is 2. The van der Waals surface area contributed by atoms with Gasteiger partial charge in [0.15, 0.2) is 0 Å². The van der Waals surface area contributed by atoms with E-state index in [0.717, 1.165) is 54.2 Å². The van der Waals surface area contributed by atoms with Crippen LogP contribution in [0, 0.1) is 5.92 Å². The summed E-state index contributed by atoms with van der Waals surface area (Å²) in [6.07, 6.45) is 3.85. The number of furan rings is 1. The number of carbonyl (C=O) groups is 1. The predicted octanol–water partition coefficient (Wildman–Crippen LogP) is 4.07. The zero-order chi connectivity index (χ0) is 17.1. The highest BCUT2D eigenvalue weighted by molar-refractivity contribution is 7.98. The van der Waals surface area contributed by atoms with Gasteiger partial charge in [0.25, 0.3) is 5.91 Å². The molecule has 1 fully saturated rings. The van der Waals surface area contributed by atoms with Crippen molar-refractivity contribution in [2.24, 2.45) is 5.92 Å². The van der Waals surface area contributed by atoms with Crippen LogP contribution < -0.4 is 0 Å². The molecule has 1 amide bonds. The van der Waals surface area contributed by atoms with Gasteiger partial charge in [0.05, 0.1) is 23.7 Å². The highest BCUT2D eigenvalue weighted by atomic mass is 32.2. The highest BCUT2D eigenvalue weighted by Gasteiger charge is 2.24. The third-order valence-electron chi connectivity index (χ3n) is 4.58. The fraction of sp³-hybridized carbons (Fsp3) is 0.389. The van der Waals surface area contributed by atoms with E-state index in [9.17, 15) is 4.79 Å². The lowest BCUT2D eigenvalue weighted by molar-refractivity contribution is 0.0699. The maximum absolute atomic E-state index is 12.7. The number of hydrogen-bond acceptors (Lipinski definition) is 6. The summed E-state index contributed by atoms with van der Waals surface area (Å²) < 4.78 is 13.8. The van der Waals surface area contributed by atoms with Crippen LogP contribution in [0.2, 0.25) is 0 Å². The van der Waals surface area contributed by atoms with Gasteiger partial charge in [0.1, 0.15) is 16.8 Å². The van der Waals surface area contributed by atoms with Crippen LogP contribution in [0.15, 0.2) is 41.0 Å². The number of piperidine rings is 1. The molecule has 1 saturated heterocycles. The summed E-state index contributed by atoms with van der Waals surface area (Å²) in [4.78, 5) is 14.7. The van der Waals surface area contributed by atoms with Gasteiger partial charge in [0, 0.05) is 18.7 Å². The van der Waals surface area contributed by atoms with Gasteiger partial charge >= 0.3 is 0 Å². The lowest BCUT2D eigenvalue weighted by Crippen LogP contribution is -2.39. The Balaban J connectivity index is 1.28. The molecule has 0 spiro atoms. The van der Waals surface area contributed by atoms with Crippen molar-refractivity contribution in [2.45, 2.75) is 18.6 Å². The first-order chi connectivity index (χ1) is 12.3. The summed E-state index contributed by atoms with van der Waals surface area (Å²) in [6, 6.07) is 9.54. The van der Waals surface area contributed by atoms with E-state index in [1.54, 1.807) is 6.26 Å². The van der Waals surface area contributed by atoms with Crippen molar-refractivity contribution in [3.05, 3.63) is 47.9 Å². The smallest absolute Gasteiger partial charge is 0.253 e. The highest BCUT2D eigenvalue weighted by Crippen LogP contribution is 2.25. The average molecular weight is 374 g/mol. The molecular weight excluding hydrogens is 354 g/mol. The first-order valence-corrected chi connectivity index (χ1v) is 10.3. The maximum Gasteiger partial charge on any atom is 0.253 e. The van der Waals surface area contributed by atoms with E-state index in [4.69, 9.17) is 4.42 Å². The van der Waals surface area contributed by atoms with Crippen LogP contribution in [-0.4, -0.2) is 38.4 Å². The zero-order valence-electron chi connectivity index (χ0n) is 13.8. The van der Waals surface area contributed by atoms with Gasteiger partial charge in [-0.1, -0.05) is 0 Å². The molecule has 4 rings (SSSR count). The van der Waals surface area contributed by atoms with Crippen molar-refractivity contribution in [3.8, 4) is 0 Å². The molecule has 130 valence electrons. The normalized spacial score (nSPS) is 15.8. The van der Waals surface area contributed by atoms with Crippen LogP contribution in [0.4, 0.5) is 0 Å². The Morgan fingerprint density at radius 3 is 2.88 bits per heavy atom. The summed E-state index contributed by atoms with van der Waals surface area (Å²) in [5.41, 5.74) is 2.37. The number of rotatable bonds is 5. The van der Waals surface area contributed by atoms with E-state index in [-0.39, 0.29) is 5.91 Å². The Morgan fingerprint density at radius 2 is 2.08 bits per heavy atom.